The predicted octanol–water partition coefficient (Wildman–Crippen LogP) is 4.86. The molecule has 0 spiro atoms. The predicted molar refractivity (Wildman–Crippen MR) is 108 cm³/mol. The number of pyridine rings is 2. The molecule has 0 radical (unpaired) electrons. The molecular weight excluding hydrogens is 395 g/mol. The minimum absolute atomic E-state index is 0.0592. The summed E-state index contributed by atoms with van der Waals surface area (Å²) in [7, 11) is 0. The van der Waals surface area contributed by atoms with Crippen molar-refractivity contribution in [2.24, 2.45) is 4.99 Å². The third-order valence-corrected chi connectivity index (χ3v) is 4.50. The van der Waals surface area contributed by atoms with E-state index in [4.69, 9.17) is 0 Å². The minimum atomic E-state index is -4.49. The van der Waals surface area contributed by atoms with Crippen LogP contribution in [0.2, 0.25) is 0 Å². The molecule has 0 aliphatic rings. The fourth-order valence-electron chi connectivity index (χ4n) is 3.09. The molecule has 1 N–H and O–H groups in total. The zero-order chi connectivity index (χ0) is 21.3. The maximum absolute atomic E-state index is 13.0. The molecule has 2 aromatic heterocycles. The normalized spacial score (nSPS) is 12.0. The van der Waals surface area contributed by atoms with Gasteiger partial charge in [0.05, 0.1) is 16.8 Å². The van der Waals surface area contributed by atoms with Crippen molar-refractivity contribution in [1.29, 1.82) is 0 Å². The lowest BCUT2D eigenvalue weighted by Gasteiger charge is -2.12. The van der Waals surface area contributed by atoms with Crippen molar-refractivity contribution in [3.05, 3.63) is 94.4 Å². The van der Waals surface area contributed by atoms with Gasteiger partial charge in [-0.1, -0.05) is 30.3 Å². The van der Waals surface area contributed by atoms with E-state index < -0.39 is 23.2 Å². The molecule has 8 heteroatoms. The van der Waals surface area contributed by atoms with Gasteiger partial charge in [0.2, 0.25) is 5.88 Å². The zero-order valence-electron chi connectivity index (χ0n) is 15.3. The van der Waals surface area contributed by atoms with Crippen LogP contribution in [0.1, 0.15) is 11.1 Å². The molecule has 0 saturated carbocycles. The van der Waals surface area contributed by atoms with Crippen molar-refractivity contribution in [3.8, 4) is 11.7 Å². The SMILES string of the molecule is O=c1c2ccccc2c(C=Nc2cccc(C(F)(F)F)c2)c(O)n1-c1ccccn1. The molecule has 0 atom stereocenters. The van der Waals surface area contributed by atoms with Crippen molar-refractivity contribution < 1.29 is 18.3 Å². The summed E-state index contributed by atoms with van der Waals surface area (Å²) in [6.07, 6.45) is -1.77. The van der Waals surface area contributed by atoms with Gasteiger partial charge in [0.1, 0.15) is 5.82 Å². The van der Waals surface area contributed by atoms with Crippen LogP contribution in [0, 0.1) is 0 Å². The number of halogens is 3. The lowest BCUT2D eigenvalue weighted by atomic mass is 10.1. The lowest BCUT2D eigenvalue weighted by molar-refractivity contribution is -0.137. The molecule has 4 rings (SSSR count). The highest BCUT2D eigenvalue weighted by Crippen LogP contribution is 2.32. The summed E-state index contributed by atoms with van der Waals surface area (Å²) in [5.41, 5.74) is -1.06. The first-order valence-corrected chi connectivity index (χ1v) is 8.86. The Morgan fingerprint density at radius 2 is 1.70 bits per heavy atom. The van der Waals surface area contributed by atoms with Crippen molar-refractivity contribution in [2.75, 3.05) is 0 Å². The van der Waals surface area contributed by atoms with Gasteiger partial charge in [-0.25, -0.2) is 9.55 Å². The van der Waals surface area contributed by atoms with E-state index in [2.05, 4.69) is 9.98 Å². The van der Waals surface area contributed by atoms with Crippen molar-refractivity contribution >= 4 is 22.7 Å². The third-order valence-electron chi connectivity index (χ3n) is 4.50. The number of aliphatic imine (C=N–C) groups is 1. The molecule has 150 valence electrons. The van der Waals surface area contributed by atoms with E-state index >= 15 is 0 Å². The number of fused-ring (bicyclic) bond motifs is 1. The Balaban J connectivity index is 1.91. The minimum Gasteiger partial charge on any atom is -0.494 e. The summed E-state index contributed by atoms with van der Waals surface area (Å²) < 4.78 is 39.9. The summed E-state index contributed by atoms with van der Waals surface area (Å²) in [6, 6.07) is 16.0. The zero-order valence-corrected chi connectivity index (χ0v) is 15.3. The fraction of sp³-hybridized carbons (Fsp3) is 0.0455. The average molecular weight is 409 g/mol. The molecular formula is C22H14F3N3O2. The standard InChI is InChI=1S/C22H14F3N3O2/c23-22(24,25)14-6-5-7-15(12-14)27-13-18-16-8-1-2-9-17(16)20(29)28(21(18)30)19-10-3-4-11-26-19/h1-13,30H. The number of rotatable bonds is 3. The van der Waals surface area contributed by atoms with Gasteiger partial charge >= 0.3 is 6.18 Å². The van der Waals surface area contributed by atoms with Gasteiger partial charge in [-0.3, -0.25) is 9.79 Å². The molecule has 0 fully saturated rings. The fourth-order valence-corrected chi connectivity index (χ4v) is 3.09. The molecule has 2 heterocycles. The highest BCUT2D eigenvalue weighted by atomic mass is 19.4. The van der Waals surface area contributed by atoms with E-state index in [1.165, 1.54) is 24.5 Å². The largest absolute Gasteiger partial charge is 0.494 e. The second-order valence-corrected chi connectivity index (χ2v) is 6.42. The van der Waals surface area contributed by atoms with Crippen molar-refractivity contribution in [2.45, 2.75) is 6.18 Å². The van der Waals surface area contributed by atoms with Crippen LogP contribution in [-0.2, 0) is 6.18 Å². The second-order valence-electron chi connectivity index (χ2n) is 6.42. The molecule has 30 heavy (non-hydrogen) atoms. The molecule has 0 amide bonds. The van der Waals surface area contributed by atoms with Gasteiger partial charge in [0.15, 0.2) is 0 Å². The summed E-state index contributed by atoms with van der Waals surface area (Å²) >= 11 is 0. The van der Waals surface area contributed by atoms with E-state index in [1.54, 1.807) is 42.5 Å². The van der Waals surface area contributed by atoms with E-state index in [0.717, 1.165) is 16.7 Å². The third kappa shape index (κ3) is 3.55. The number of hydrogen-bond donors (Lipinski definition) is 1. The molecule has 2 aromatic carbocycles. The smallest absolute Gasteiger partial charge is 0.416 e. The van der Waals surface area contributed by atoms with Gasteiger partial charge in [-0.2, -0.15) is 13.2 Å². The van der Waals surface area contributed by atoms with Gasteiger partial charge < -0.3 is 5.11 Å². The van der Waals surface area contributed by atoms with E-state index in [-0.39, 0.29) is 17.1 Å². The lowest BCUT2D eigenvalue weighted by Crippen LogP contribution is -2.20. The highest BCUT2D eigenvalue weighted by molar-refractivity contribution is 6.02. The van der Waals surface area contributed by atoms with Gasteiger partial charge in [-0.05, 0) is 36.4 Å². The molecule has 0 unspecified atom stereocenters. The first-order chi connectivity index (χ1) is 14.4. The van der Waals surface area contributed by atoms with Crippen molar-refractivity contribution in [1.82, 2.24) is 9.55 Å². The summed E-state index contributed by atoms with van der Waals surface area (Å²) in [5, 5.41) is 11.6. The van der Waals surface area contributed by atoms with Crippen LogP contribution in [0.15, 0.2) is 82.7 Å². The Bertz CT molecular complexity index is 1310. The molecule has 0 aliphatic carbocycles. The number of alkyl halides is 3. The Hall–Kier alpha value is -3.94. The summed E-state index contributed by atoms with van der Waals surface area (Å²) in [4.78, 5) is 21.1. The molecule has 4 aromatic rings. The Labute approximate surface area is 168 Å². The monoisotopic (exact) mass is 409 g/mol. The topological polar surface area (TPSA) is 67.5 Å². The summed E-state index contributed by atoms with van der Waals surface area (Å²) in [5.74, 6) is -0.201. The quantitative estimate of drug-likeness (QED) is 0.492. The number of aromatic nitrogens is 2. The van der Waals surface area contributed by atoms with Crippen LogP contribution in [0.5, 0.6) is 5.88 Å². The van der Waals surface area contributed by atoms with E-state index in [0.29, 0.717) is 10.8 Å². The number of aromatic hydroxyl groups is 1. The van der Waals surface area contributed by atoms with Gasteiger partial charge in [0.25, 0.3) is 5.56 Å². The maximum atomic E-state index is 13.0. The Morgan fingerprint density at radius 3 is 2.40 bits per heavy atom. The van der Waals surface area contributed by atoms with E-state index in [1.807, 2.05) is 0 Å². The van der Waals surface area contributed by atoms with Gasteiger partial charge in [-0.15, -0.1) is 0 Å². The number of benzene rings is 2. The van der Waals surface area contributed by atoms with Crippen LogP contribution < -0.4 is 5.56 Å². The van der Waals surface area contributed by atoms with Gasteiger partial charge in [0, 0.05) is 23.2 Å². The second kappa shape index (κ2) is 7.47. The first-order valence-electron chi connectivity index (χ1n) is 8.86. The highest BCUT2D eigenvalue weighted by Gasteiger charge is 2.30. The average Bonchev–Trinajstić information content (AvgIpc) is 2.74. The van der Waals surface area contributed by atoms with Crippen LogP contribution in [0.25, 0.3) is 16.6 Å². The van der Waals surface area contributed by atoms with Crippen molar-refractivity contribution in [3.63, 3.8) is 0 Å². The molecule has 5 nitrogen and oxygen atoms in total. The number of hydrogen-bond acceptors (Lipinski definition) is 4. The molecule has 0 saturated heterocycles. The number of nitrogens with zero attached hydrogens (tertiary/aromatic N) is 3. The Kier molecular flexibility index (Phi) is 4.83. The van der Waals surface area contributed by atoms with Crippen LogP contribution >= 0.6 is 0 Å². The van der Waals surface area contributed by atoms with E-state index in [9.17, 15) is 23.1 Å². The first kappa shape index (κ1) is 19.4. The molecule has 0 bridgehead atoms. The summed E-state index contributed by atoms with van der Waals surface area (Å²) in [6.45, 7) is 0. The van der Waals surface area contributed by atoms with Crippen LogP contribution in [-0.4, -0.2) is 20.9 Å². The van der Waals surface area contributed by atoms with Crippen LogP contribution in [0.3, 0.4) is 0 Å². The Morgan fingerprint density at radius 1 is 0.967 bits per heavy atom. The maximum Gasteiger partial charge on any atom is 0.416 e. The molecule has 0 aliphatic heterocycles. The van der Waals surface area contributed by atoms with Crippen LogP contribution in [0.4, 0.5) is 18.9 Å².